The van der Waals surface area contributed by atoms with Crippen molar-refractivity contribution < 1.29 is 0 Å². The lowest BCUT2D eigenvalue weighted by Crippen LogP contribution is -2.27. The Bertz CT molecular complexity index is 598. The Hall–Kier alpha value is -1.94. The first-order valence-corrected chi connectivity index (χ1v) is 7.57. The normalized spacial score (nSPS) is 15.3. The predicted molar refractivity (Wildman–Crippen MR) is 85.0 cm³/mol. The SMILES string of the molecule is CC(C)=CCN1CCc2nc(-c3ccccc3)nn2CC1. The van der Waals surface area contributed by atoms with E-state index in [-0.39, 0.29) is 0 Å². The molecule has 1 aromatic carbocycles. The Kier molecular flexibility index (Phi) is 4.15. The fraction of sp³-hybridized carbons (Fsp3) is 0.412. The van der Waals surface area contributed by atoms with Crippen LogP contribution < -0.4 is 0 Å². The molecule has 4 heteroatoms. The summed E-state index contributed by atoms with van der Waals surface area (Å²) in [4.78, 5) is 7.18. The lowest BCUT2D eigenvalue weighted by atomic mass is 10.2. The summed E-state index contributed by atoms with van der Waals surface area (Å²) in [6.45, 7) is 8.34. The van der Waals surface area contributed by atoms with E-state index in [0.717, 1.165) is 49.8 Å². The molecule has 3 rings (SSSR count). The lowest BCUT2D eigenvalue weighted by Gasteiger charge is -2.17. The van der Waals surface area contributed by atoms with E-state index in [1.807, 2.05) is 18.2 Å². The van der Waals surface area contributed by atoms with Crippen molar-refractivity contribution in [1.29, 1.82) is 0 Å². The largest absolute Gasteiger partial charge is 0.297 e. The Morgan fingerprint density at radius 3 is 2.71 bits per heavy atom. The standard InChI is InChI=1S/C17H22N4/c1-14(2)8-10-20-11-9-16-18-17(19-21(16)13-12-20)15-6-4-3-5-7-15/h3-8H,9-13H2,1-2H3. The third-order valence-electron chi connectivity index (χ3n) is 3.82. The first kappa shape index (κ1) is 14.0. The highest BCUT2D eigenvalue weighted by Crippen LogP contribution is 2.16. The third kappa shape index (κ3) is 3.39. The zero-order chi connectivity index (χ0) is 14.7. The van der Waals surface area contributed by atoms with Gasteiger partial charge in [0, 0.05) is 31.6 Å². The second-order valence-electron chi connectivity index (χ2n) is 5.77. The van der Waals surface area contributed by atoms with Crippen molar-refractivity contribution in [2.75, 3.05) is 19.6 Å². The number of nitrogens with zero attached hydrogens (tertiary/aromatic N) is 4. The van der Waals surface area contributed by atoms with Crippen molar-refractivity contribution in [3.63, 3.8) is 0 Å². The Morgan fingerprint density at radius 1 is 1.14 bits per heavy atom. The maximum atomic E-state index is 4.72. The fourth-order valence-corrected chi connectivity index (χ4v) is 2.55. The first-order chi connectivity index (χ1) is 10.2. The molecule has 0 radical (unpaired) electrons. The molecule has 0 saturated heterocycles. The van der Waals surface area contributed by atoms with Crippen LogP contribution in [0.4, 0.5) is 0 Å². The molecule has 0 spiro atoms. The van der Waals surface area contributed by atoms with Crippen LogP contribution in [0.2, 0.25) is 0 Å². The van der Waals surface area contributed by atoms with Crippen molar-refractivity contribution in [2.24, 2.45) is 0 Å². The molecule has 0 atom stereocenters. The minimum atomic E-state index is 0.850. The monoisotopic (exact) mass is 282 g/mol. The van der Waals surface area contributed by atoms with Gasteiger partial charge in [0.2, 0.25) is 0 Å². The van der Waals surface area contributed by atoms with Gasteiger partial charge in [-0.25, -0.2) is 9.67 Å². The third-order valence-corrected chi connectivity index (χ3v) is 3.82. The molecule has 0 bridgehead atoms. The maximum absolute atomic E-state index is 4.72. The zero-order valence-corrected chi connectivity index (χ0v) is 12.8. The van der Waals surface area contributed by atoms with E-state index < -0.39 is 0 Å². The van der Waals surface area contributed by atoms with Gasteiger partial charge in [-0.2, -0.15) is 5.10 Å². The quantitative estimate of drug-likeness (QED) is 0.812. The summed E-state index contributed by atoms with van der Waals surface area (Å²) >= 11 is 0. The Balaban J connectivity index is 1.72. The minimum Gasteiger partial charge on any atom is -0.297 e. The number of allylic oxidation sites excluding steroid dienone is 1. The van der Waals surface area contributed by atoms with E-state index in [2.05, 4.69) is 46.7 Å². The molecule has 1 aliphatic heterocycles. The lowest BCUT2D eigenvalue weighted by molar-refractivity contribution is 0.305. The smallest absolute Gasteiger partial charge is 0.181 e. The number of aromatic nitrogens is 3. The van der Waals surface area contributed by atoms with Crippen molar-refractivity contribution in [3.8, 4) is 11.4 Å². The van der Waals surface area contributed by atoms with Crippen LogP contribution in [-0.4, -0.2) is 39.3 Å². The maximum Gasteiger partial charge on any atom is 0.181 e. The molecule has 0 unspecified atom stereocenters. The molecule has 0 N–H and O–H groups in total. The van der Waals surface area contributed by atoms with Crippen LogP contribution in [-0.2, 0) is 13.0 Å². The highest BCUT2D eigenvalue weighted by molar-refractivity contribution is 5.54. The number of hydrogen-bond acceptors (Lipinski definition) is 3. The summed E-state index contributed by atoms with van der Waals surface area (Å²) in [6.07, 6.45) is 3.26. The zero-order valence-electron chi connectivity index (χ0n) is 12.8. The van der Waals surface area contributed by atoms with E-state index in [9.17, 15) is 0 Å². The van der Waals surface area contributed by atoms with Crippen LogP contribution in [0.25, 0.3) is 11.4 Å². The van der Waals surface area contributed by atoms with Crippen LogP contribution in [0.3, 0.4) is 0 Å². The second-order valence-corrected chi connectivity index (χ2v) is 5.77. The number of benzene rings is 1. The first-order valence-electron chi connectivity index (χ1n) is 7.57. The molecule has 21 heavy (non-hydrogen) atoms. The average molecular weight is 282 g/mol. The summed E-state index contributed by atoms with van der Waals surface area (Å²) in [5, 5.41) is 4.67. The van der Waals surface area contributed by atoms with Crippen molar-refractivity contribution >= 4 is 0 Å². The van der Waals surface area contributed by atoms with E-state index in [4.69, 9.17) is 4.98 Å². The van der Waals surface area contributed by atoms with Crippen molar-refractivity contribution in [1.82, 2.24) is 19.7 Å². The molecule has 0 saturated carbocycles. The summed E-state index contributed by atoms with van der Waals surface area (Å²) in [5.41, 5.74) is 2.47. The van der Waals surface area contributed by atoms with Gasteiger partial charge < -0.3 is 0 Å². The van der Waals surface area contributed by atoms with Crippen LogP contribution in [0, 0.1) is 0 Å². The molecule has 2 heterocycles. The Morgan fingerprint density at radius 2 is 1.95 bits per heavy atom. The summed E-state index contributed by atoms with van der Waals surface area (Å²) in [5.74, 6) is 1.96. The van der Waals surface area contributed by atoms with Crippen LogP contribution >= 0.6 is 0 Å². The van der Waals surface area contributed by atoms with Gasteiger partial charge in [0.05, 0.1) is 6.54 Å². The molecule has 1 aliphatic rings. The molecular formula is C17H22N4. The molecule has 0 fully saturated rings. The van der Waals surface area contributed by atoms with E-state index in [1.54, 1.807) is 0 Å². The summed E-state index contributed by atoms with van der Waals surface area (Å²) < 4.78 is 2.07. The average Bonchev–Trinajstić information content (AvgIpc) is 2.81. The minimum absolute atomic E-state index is 0.850. The van der Waals surface area contributed by atoms with Crippen molar-refractivity contribution in [3.05, 3.63) is 47.8 Å². The molecule has 0 aliphatic carbocycles. The molecule has 0 amide bonds. The van der Waals surface area contributed by atoms with E-state index in [0.29, 0.717) is 0 Å². The van der Waals surface area contributed by atoms with Gasteiger partial charge in [0.25, 0.3) is 0 Å². The van der Waals surface area contributed by atoms with Gasteiger partial charge in [0.15, 0.2) is 5.82 Å². The summed E-state index contributed by atoms with van der Waals surface area (Å²) in [6, 6.07) is 10.2. The predicted octanol–water partition coefficient (Wildman–Crippen LogP) is 2.77. The van der Waals surface area contributed by atoms with Gasteiger partial charge >= 0.3 is 0 Å². The van der Waals surface area contributed by atoms with Crippen LogP contribution in [0.5, 0.6) is 0 Å². The second kappa shape index (κ2) is 6.22. The molecular weight excluding hydrogens is 260 g/mol. The fourth-order valence-electron chi connectivity index (χ4n) is 2.55. The van der Waals surface area contributed by atoms with E-state index >= 15 is 0 Å². The highest BCUT2D eigenvalue weighted by Gasteiger charge is 2.17. The molecule has 4 nitrogen and oxygen atoms in total. The summed E-state index contributed by atoms with van der Waals surface area (Å²) in [7, 11) is 0. The number of rotatable bonds is 3. The number of hydrogen-bond donors (Lipinski definition) is 0. The van der Waals surface area contributed by atoms with Crippen molar-refractivity contribution in [2.45, 2.75) is 26.8 Å². The molecule has 2 aromatic rings. The topological polar surface area (TPSA) is 34.0 Å². The molecule has 110 valence electrons. The highest BCUT2D eigenvalue weighted by atomic mass is 15.4. The van der Waals surface area contributed by atoms with Crippen LogP contribution in [0.15, 0.2) is 42.0 Å². The Labute approximate surface area is 126 Å². The van der Waals surface area contributed by atoms with Gasteiger partial charge in [-0.05, 0) is 13.8 Å². The van der Waals surface area contributed by atoms with E-state index in [1.165, 1.54) is 5.57 Å². The van der Waals surface area contributed by atoms with Gasteiger partial charge in [-0.1, -0.05) is 42.0 Å². The van der Waals surface area contributed by atoms with Gasteiger partial charge in [-0.15, -0.1) is 0 Å². The number of fused-ring (bicyclic) bond motifs is 1. The van der Waals surface area contributed by atoms with Crippen LogP contribution in [0.1, 0.15) is 19.7 Å². The van der Waals surface area contributed by atoms with Gasteiger partial charge in [0.1, 0.15) is 5.82 Å². The molecule has 1 aromatic heterocycles. The van der Waals surface area contributed by atoms with Gasteiger partial charge in [-0.3, -0.25) is 4.90 Å².